The minimum atomic E-state index is 0.368. The molecular weight excluding hydrogens is 256 g/mol. The number of nitrogens with zero attached hydrogens (tertiary/aromatic N) is 2. The van der Waals surface area contributed by atoms with Crippen LogP contribution in [-0.2, 0) is 0 Å². The van der Waals surface area contributed by atoms with E-state index in [1.807, 2.05) is 6.92 Å². The smallest absolute Gasteiger partial charge is 0.213 e. The van der Waals surface area contributed by atoms with Crippen LogP contribution in [0.2, 0.25) is 5.02 Å². The molecule has 0 aliphatic heterocycles. The Hall–Kier alpha value is -0.920. The second-order valence-electron chi connectivity index (χ2n) is 2.58. The quantitative estimate of drug-likeness (QED) is 0.835. The van der Waals surface area contributed by atoms with E-state index >= 15 is 0 Å². The topological polar surface area (TPSA) is 66.6 Å². The number of aromatic nitrogens is 4. The number of rotatable bonds is 3. The van der Waals surface area contributed by atoms with E-state index in [0.29, 0.717) is 33.0 Å². The van der Waals surface area contributed by atoms with E-state index in [4.69, 9.17) is 28.6 Å². The average Bonchev–Trinajstić information content (AvgIpc) is 2.76. The number of nitrogens with one attached hydrogen (secondary N) is 2. The molecule has 0 radical (unpaired) electrons. The fourth-order valence-corrected chi connectivity index (χ4v) is 2.20. The SMILES string of the molecule is CCOc1snc(-c2nc(=S)[nH][nH]2)c1Cl. The molecule has 0 saturated carbocycles. The summed E-state index contributed by atoms with van der Waals surface area (Å²) >= 11 is 12.1. The first-order valence-corrected chi connectivity index (χ1v) is 5.71. The van der Waals surface area contributed by atoms with E-state index in [0.717, 1.165) is 0 Å². The summed E-state index contributed by atoms with van der Waals surface area (Å²) < 4.78 is 9.80. The van der Waals surface area contributed by atoms with Gasteiger partial charge in [0.2, 0.25) is 9.83 Å². The van der Waals surface area contributed by atoms with Gasteiger partial charge in [0, 0.05) is 11.5 Å². The molecule has 0 bridgehead atoms. The van der Waals surface area contributed by atoms with Crippen LogP contribution in [0.5, 0.6) is 5.06 Å². The van der Waals surface area contributed by atoms with Crippen molar-refractivity contribution < 1.29 is 4.74 Å². The molecule has 5 nitrogen and oxygen atoms in total. The lowest BCUT2D eigenvalue weighted by Gasteiger charge is -1.97. The van der Waals surface area contributed by atoms with Gasteiger partial charge in [-0.15, -0.1) is 0 Å². The average molecular weight is 263 g/mol. The van der Waals surface area contributed by atoms with Gasteiger partial charge < -0.3 is 4.74 Å². The van der Waals surface area contributed by atoms with E-state index in [9.17, 15) is 0 Å². The van der Waals surface area contributed by atoms with Crippen LogP contribution >= 0.6 is 35.4 Å². The maximum absolute atomic E-state index is 6.06. The Kier molecular flexibility index (Phi) is 3.03. The second-order valence-corrected chi connectivity index (χ2v) is 4.08. The van der Waals surface area contributed by atoms with E-state index < -0.39 is 0 Å². The minimum absolute atomic E-state index is 0.368. The van der Waals surface area contributed by atoms with Crippen LogP contribution in [0.4, 0.5) is 0 Å². The van der Waals surface area contributed by atoms with Crippen LogP contribution in [0.15, 0.2) is 0 Å². The third kappa shape index (κ3) is 2.04. The van der Waals surface area contributed by atoms with E-state index in [2.05, 4.69) is 19.6 Å². The van der Waals surface area contributed by atoms with Gasteiger partial charge in [-0.05, 0) is 19.1 Å². The molecule has 0 unspecified atom stereocenters. The van der Waals surface area contributed by atoms with E-state index in [1.54, 1.807) is 0 Å². The molecule has 0 aliphatic carbocycles. The normalized spacial score (nSPS) is 10.5. The number of H-pyrrole nitrogens is 2. The number of hydrogen-bond donors (Lipinski definition) is 2. The lowest BCUT2D eigenvalue weighted by atomic mass is 10.4. The van der Waals surface area contributed by atoms with Gasteiger partial charge in [-0.1, -0.05) is 11.6 Å². The first-order chi connectivity index (χ1) is 7.22. The van der Waals surface area contributed by atoms with Crippen LogP contribution in [0, 0.1) is 4.77 Å². The lowest BCUT2D eigenvalue weighted by Crippen LogP contribution is -1.88. The first-order valence-electron chi connectivity index (χ1n) is 4.15. The highest BCUT2D eigenvalue weighted by molar-refractivity contribution is 7.71. The van der Waals surface area contributed by atoms with Crippen molar-refractivity contribution in [3.63, 3.8) is 0 Å². The van der Waals surface area contributed by atoms with Crippen molar-refractivity contribution in [2.24, 2.45) is 0 Å². The summed E-state index contributed by atoms with van der Waals surface area (Å²) in [6.07, 6.45) is 0. The van der Waals surface area contributed by atoms with Crippen molar-refractivity contribution >= 4 is 35.4 Å². The van der Waals surface area contributed by atoms with Crippen LogP contribution < -0.4 is 4.74 Å². The maximum Gasteiger partial charge on any atom is 0.213 e. The largest absolute Gasteiger partial charge is 0.482 e. The number of hydrogen-bond acceptors (Lipinski definition) is 5. The molecule has 0 spiro atoms. The van der Waals surface area contributed by atoms with E-state index in [-0.39, 0.29) is 0 Å². The minimum Gasteiger partial charge on any atom is -0.482 e. The summed E-state index contributed by atoms with van der Waals surface area (Å²) in [6, 6.07) is 0. The Labute approximate surface area is 99.6 Å². The number of aromatic amines is 2. The zero-order chi connectivity index (χ0) is 10.8. The molecule has 8 heteroatoms. The molecule has 2 heterocycles. The monoisotopic (exact) mass is 262 g/mol. The maximum atomic E-state index is 6.06. The van der Waals surface area contributed by atoms with Crippen molar-refractivity contribution in [3.8, 4) is 16.6 Å². The fraction of sp³-hybridized carbons (Fsp3) is 0.286. The second kappa shape index (κ2) is 4.30. The van der Waals surface area contributed by atoms with Gasteiger partial charge in [-0.2, -0.15) is 9.36 Å². The van der Waals surface area contributed by atoms with Gasteiger partial charge >= 0.3 is 0 Å². The summed E-state index contributed by atoms with van der Waals surface area (Å²) in [5.74, 6) is 0.521. The van der Waals surface area contributed by atoms with Gasteiger partial charge in [0.15, 0.2) is 5.82 Å². The third-order valence-electron chi connectivity index (χ3n) is 1.61. The highest BCUT2D eigenvalue weighted by atomic mass is 35.5. The summed E-state index contributed by atoms with van der Waals surface area (Å²) in [4.78, 5) is 4.02. The fourth-order valence-electron chi connectivity index (χ4n) is 1.01. The Morgan fingerprint density at radius 2 is 2.33 bits per heavy atom. The molecule has 0 saturated heterocycles. The van der Waals surface area contributed by atoms with Gasteiger partial charge in [-0.25, -0.2) is 0 Å². The predicted molar refractivity (Wildman–Crippen MR) is 61.1 cm³/mol. The van der Waals surface area contributed by atoms with Crippen molar-refractivity contribution in [3.05, 3.63) is 9.79 Å². The molecule has 0 amide bonds. The zero-order valence-corrected chi connectivity index (χ0v) is 10.1. The molecule has 15 heavy (non-hydrogen) atoms. The molecule has 2 N–H and O–H groups in total. The zero-order valence-electron chi connectivity index (χ0n) is 7.70. The third-order valence-corrected chi connectivity index (χ3v) is 3.03. The van der Waals surface area contributed by atoms with Crippen LogP contribution in [-0.4, -0.2) is 26.2 Å². The van der Waals surface area contributed by atoms with Crippen LogP contribution in [0.25, 0.3) is 11.5 Å². The Morgan fingerprint density at radius 1 is 1.53 bits per heavy atom. The molecule has 2 aromatic heterocycles. The Bertz CT molecular complexity index is 517. The summed E-state index contributed by atoms with van der Waals surface area (Å²) in [5, 5.41) is 6.51. The molecule has 0 fully saturated rings. The summed E-state index contributed by atoms with van der Waals surface area (Å²) in [7, 11) is 0. The Morgan fingerprint density at radius 3 is 2.93 bits per heavy atom. The van der Waals surface area contributed by atoms with Crippen molar-refractivity contribution in [1.82, 2.24) is 19.6 Å². The van der Waals surface area contributed by atoms with Gasteiger partial charge in [-0.3, -0.25) is 10.2 Å². The molecule has 0 aliphatic rings. The van der Waals surface area contributed by atoms with Crippen LogP contribution in [0.3, 0.4) is 0 Å². The molecular formula is C7H7ClN4OS2. The lowest BCUT2D eigenvalue weighted by molar-refractivity contribution is 0.350. The van der Waals surface area contributed by atoms with Crippen molar-refractivity contribution in [2.45, 2.75) is 6.92 Å². The molecule has 80 valence electrons. The van der Waals surface area contributed by atoms with Gasteiger partial charge in [0.05, 0.1) is 6.61 Å². The predicted octanol–water partition coefficient (Wildman–Crippen LogP) is 2.64. The molecule has 0 aromatic carbocycles. The molecule has 2 rings (SSSR count). The van der Waals surface area contributed by atoms with Crippen molar-refractivity contribution in [2.75, 3.05) is 6.61 Å². The molecule has 2 aromatic rings. The van der Waals surface area contributed by atoms with E-state index in [1.165, 1.54) is 11.5 Å². The number of ether oxygens (including phenoxy) is 1. The first kappa shape index (κ1) is 10.6. The molecule has 0 atom stereocenters. The van der Waals surface area contributed by atoms with Crippen LogP contribution in [0.1, 0.15) is 6.92 Å². The summed E-state index contributed by atoms with van der Waals surface area (Å²) in [6.45, 7) is 2.44. The van der Waals surface area contributed by atoms with Gasteiger partial charge in [0.25, 0.3) is 0 Å². The number of halogens is 1. The highest BCUT2D eigenvalue weighted by Crippen LogP contribution is 2.36. The Balaban J connectivity index is 2.41. The van der Waals surface area contributed by atoms with Gasteiger partial charge in [0.1, 0.15) is 10.7 Å². The summed E-state index contributed by atoms with van der Waals surface area (Å²) in [5.41, 5.74) is 0.553. The highest BCUT2D eigenvalue weighted by Gasteiger charge is 2.16. The standard InChI is InChI=1S/C7H7ClN4OS2/c1-2-13-6-3(8)4(12-15-6)5-9-7(14)11-10-5/h2H2,1H3,(H2,9,10,11,14). The van der Waals surface area contributed by atoms with Crippen molar-refractivity contribution in [1.29, 1.82) is 0 Å².